The Kier molecular flexibility index (Phi) is 7.52. The maximum atomic E-state index is 11.6. The van der Waals surface area contributed by atoms with Crippen molar-refractivity contribution < 1.29 is 0 Å². The molecule has 6 heteroatoms. The van der Waals surface area contributed by atoms with Crippen LogP contribution < -0.4 is 5.56 Å². The number of imidazole rings is 1. The van der Waals surface area contributed by atoms with E-state index in [1.807, 2.05) is 30.3 Å². The van der Waals surface area contributed by atoms with Crippen LogP contribution in [0.5, 0.6) is 0 Å². The Morgan fingerprint density at radius 2 is 1.61 bits per heavy atom. The fraction of sp³-hybridized carbons (Fsp3) is 0.560. The van der Waals surface area contributed by atoms with E-state index < -0.39 is 0 Å². The molecule has 0 aromatic carbocycles. The van der Waals surface area contributed by atoms with Gasteiger partial charge < -0.3 is 9.55 Å². The highest BCUT2D eigenvalue weighted by molar-refractivity contribution is 5.20. The van der Waals surface area contributed by atoms with E-state index >= 15 is 0 Å². The van der Waals surface area contributed by atoms with E-state index in [0.29, 0.717) is 17.8 Å². The zero-order valence-electron chi connectivity index (χ0n) is 19.9. The van der Waals surface area contributed by atoms with Crippen LogP contribution in [0.25, 0.3) is 0 Å². The lowest BCUT2D eigenvalue weighted by Gasteiger charge is -2.14. The van der Waals surface area contributed by atoms with Crippen LogP contribution >= 0.6 is 0 Å². The molecule has 0 fully saturated rings. The first-order valence-electron chi connectivity index (χ1n) is 11.4. The summed E-state index contributed by atoms with van der Waals surface area (Å²) in [5.41, 5.74) is 6.22. The summed E-state index contributed by atoms with van der Waals surface area (Å²) >= 11 is 0. The lowest BCUT2D eigenvalue weighted by atomic mass is 9.92. The molecular weight excluding hydrogens is 386 g/mol. The Labute approximate surface area is 185 Å². The van der Waals surface area contributed by atoms with Crippen LogP contribution in [-0.2, 0) is 46.2 Å². The van der Waals surface area contributed by atoms with Crippen molar-refractivity contribution in [3.05, 3.63) is 69.4 Å². The number of pyridine rings is 1. The highest BCUT2D eigenvalue weighted by atomic mass is 16.1. The molecule has 3 heterocycles. The third-order valence-corrected chi connectivity index (χ3v) is 5.79. The highest BCUT2D eigenvalue weighted by Gasteiger charge is 2.17. The summed E-state index contributed by atoms with van der Waals surface area (Å²) < 4.78 is 3.59. The highest BCUT2D eigenvalue weighted by Crippen LogP contribution is 2.21. The molecule has 3 aromatic rings. The summed E-state index contributed by atoms with van der Waals surface area (Å²) in [6.07, 6.45) is 10.8. The van der Waals surface area contributed by atoms with Crippen LogP contribution in [0.4, 0.5) is 0 Å². The van der Waals surface area contributed by atoms with E-state index in [1.165, 1.54) is 28.2 Å². The molecular formula is C25H37N5O. The average molecular weight is 424 g/mol. The predicted octanol–water partition coefficient (Wildman–Crippen LogP) is 3.88. The van der Waals surface area contributed by atoms with Gasteiger partial charge in [0.25, 0.3) is 0 Å². The minimum Gasteiger partial charge on any atom is -0.348 e. The number of H-pyrrole nitrogens is 1. The van der Waals surface area contributed by atoms with Crippen molar-refractivity contribution in [2.75, 3.05) is 0 Å². The van der Waals surface area contributed by atoms with E-state index in [-0.39, 0.29) is 5.56 Å². The summed E-state index contributed by atoms with van der Waals surface area (Å²) in [6, 6.07) is 3.59. The fourth-order valence-electron chi connectivity index (χ4n) is 4.40. The van der Waals surface area contributed by atoms with Gasteiger partial charge in [0.2, 0.25) is 5.56 Å². The largest absolute Gasteiger partial charge is 0.348 e. The molecule has 0 aliphatic heterocycles. The molecule has 3 rings (SSSR count). The molecule has 31 heavy (non-hydrogen) atoms. The second-order valence-electron chi connectivity index (χ2n) is 9.71. The maximum absolute atomic E-state index is 11.6. The van der Waals surface area contributed by atoms with Crippen LogP contribution in [0.3, 0.4) is 0 Å². The Hall–Kier alpha value is -2.63. The van der Waals surface area contributed by atoms with Gasteiger partial charge in [0.15, 0.2) is 0 Å². The predicted molar refractivity (Wildman–Crippen MR) is 125 cm³/mol. The Bertz CT molecular complexity index is 1040. The standard InChI is InChI=1S/C25H37N5O/c1-17(2)9-21-15-30(6)28-22(21)11-19(4)13-24-23(26-16-27-24)12-18(3)10-20-7-8-25(31)29(5)14-20/h7-8,14-19H,9-13H2,1-6H3,(H,26,27). The number of aryl methyl sites for hydroxylation is 2. The molecule has 0 amide bonds. The van der Waals surface area contributed by atoms with Gasteiger partial charge in [-0.05, 0) is 61.0 Å². The number of aromatic amines is 1. The zero-order chi connectivity index (χ0) is 22.5. The van der Waals surface area contributed by atoms with E-state index in [2.05, 4.69) is 43.9 Å². The number of rotatable bonds is 10. The van der Waals surface area contributed by atoms with Crippen LogP contribution in [0.2, 0.25) is 0 Å². The van der Waals surface area contributed by atoms with Crippen LogP contribution in [-0.4, -0.2) is 24.3 Å². The molecule has 0 aliphatic rings. The number of aromatic nitrogens is 5. The van der Waals surface area contributed by atoms with Crippen LogP contribution in [0.15, 0.2) is 35.6 Å². The van der Waals surface area contributed by atoms with E-state index in [9.17, 15) is 4.79 Å². The van der Waals surface area contributed by atoms with Gasteiger partial charge in [0.1, 0.15) is 0 Å². The molecule has 6 nitrogen and oxygen atoms in total. The SMILES string of the molecule is CC(C)Cc1cn(C)nc1CC(C)Cc1nc[nH]c1CC(C)Cc1ccc(=O)n(C)c1. The van der Waals surface area contributed by atoms with Crippen molar-refractivity contribution in [1.29, 1.82) is 0 Å². The topological polar surface area (TPSA) is 68.5 Å². The minimum absolute atomic E-state index is 0.0331. The monoisotopic (exact) mass is 423 g/mol. The summed E-state index contributed by atoms with van der Waals surface area (Å²) in [6.45, 7) is 9.06. The third-order valence-electron chi connectivity index (χ3n) is 5.79. The Morgan fingerprint density at radius 3 is 2.32 bits per heavy atom. The first-order chi connectivity index (χ1) is 14.7. The smallest absolute Gasteiger partial charge is 0.250 e. The van der Waals surface area contributed by atoms with Gasteiger partial charge in [-0.1, -0.05) is 33.8 Å². The van der Waals surface area contributed by atoms with Crippen molar-refractivity contribution in [2.45, 2.75) is 59.8 Å². The number of hydrogen-bond donors (Lipinski definition) is 1. The van der Waals surface area contributed by atoms with Crippen molar-refractivity contribution in [3.8, 4) is 0 Å². The molecule has 0 aliphatic carbocycles. The van der Waals surface area contributed by atoms with E-state index in [4.69, 9.17) is 5.10 Å². The van der Waals surface area contributed by atoms with Gasteiger partial charge in [-0.3, -0.25) is 9.48 Å². The first-order valence-corrected chi connectivity index (χ1v) is 11.4. The van der Waals surface area contributed by atoms with Crippen molar-refractivity contribution >= 4 is 0 Å². The molecule has 3 aromatic heterocycles. The molecule has 0 saturated heterocycles. The molecule has 0 bridgehead atoms. The second-order valence-corrected chi connectivity index (χ2v) is 9.71. The lowest BCUT2D eigenvalue weighted by molar-refractivity contribution is 0.533. The van der Waals surface area contributed by atoms with Gasteiger partial charge in [-0.2, -0.15) is 5.10 Å². The molecule has 0 spiro atoms. The molecule has 0 radical (unpaired) electrons. The van der Waals surface area contributed by atoms with Gasteiger partial charge in [0.05, 0.1) is 17.7 Å². The molecule has 1 N–H and O–H groups in total. The zero-order valence-corrected chi connectivity index (χ0v) is 19.9. The van der Waals surface area contributed by atoms with Crippen molar-refractivity contribution in [1.82, 2.24) is 24.3 Å². The van der Waals surface area contributed by atoms with Crippen LogP contribution in [0, 0.1) is 17.8 Å². The summed E-state index contributed by atoms with van der Waals surface area (Å²) in [5.74, 6) is 1.56. The van der Waals surface area contributed by atoms with Crippen molar-refractivity contribution in [2.24, 2.45) is 31.8 Å². The maximum Gasteiger partial charge on any atom is 0.250 e. The van der Waals surface area contributed by atoms with E-state index in [1.54, 1.807) is 17.7 Å². The number of nitrogens with one attached hydrogen (secondary N) is 1. The van der Waals surface area contributed by atoms with Gasteiger partial charge in [0, 0.05) is 38.2 Å². The third kappa shape index (κ3) is 6.42. The molecule has 2 unspecified atom stereocenters. The molecule has 0 saturated carbocycles. The Balaban J connectivity index is 1.61. The Morgan fingerprint density at radius 1 is 0.903 bits per heavy atom. The summed E-state index contributed by atoms with van der Waals surface area (Å²) in [5, 5.41) is 4.73. The summed E-state index contributed by atoms with van der Waals surface area (Å²) in [4.78, 5) is 19.6. The summed E-state index contributed by atoms with van der Waals surface area (Å²) in [7, 11) is 3.81. The van der Waals surface area contributed by atoms with Crippen LogP contribution in [0.1, 0.15) is 55.9 Å². The fourth-order valence-corrected chi connectivity index (χ4v) is 4.40. The molecule has 168 valence electrons. The quantitative estimate of drug-likeness (QED) is 0.538. The van der Waals surface area contributed by atoms with Gasteiger partial charge in [-0.15, -0.1) is 0 Å². The van der Waals surface area contributed by atoms with Crippen molar-refractivity contribution in [3.63, 3.8) is 0 Å². The first kappa shape index (κ1) is 23.0. The van der Waals surface area contributed by atoms with Gasteiger partial charge >= 0.3 is 0 Å². The molecule has 2 atom stereocenters. The minimum atomic E-state index is 0.0331. The normalized spacial score (nSPS) is 13.6. The second kappa shape index (κ2) is 10.1. The number of hydrogen-bond acceptors (Lipinski definition) is 3. The number of nitrogens with zero attached hydrogens (tertiary/aromatic N) is 4. The average Bonchev–Trinajstić information content (AvgIpc) is 3.23. The van der Waals surface area contributed by atoms with Gasteiger partial charge in [-0.25, -0.2) is 4.98 Å². The van der Waals surface area contributed by atoms with E-state index in [0.717, 1.165) is 32.1 Å². The lowest BCUT2D eigenvalue weighted by Crippen LogP contribution is -2.16.